The third kappa shape index (κ3) is 2.63. The summed E-state index contributed by atoms with van der Waals surface area (Å²) in [4.78, 5) is 0. The maximum Gasteiger partial charge on any atom is 0.245 e. The Bertz CT molecular complexity index is 792. The molecule has 5 rings (SSSR count). The van der Waals surface area contributed by atoms with Gasteiger partial charge in [0.05, 0.1) is 13.0 Å². The summed E-state index contributed by atoms with van der Waals surface area (Å²) >= 11 is 0. The number of piperidine rings is 1. The fourth-order valence-electron chi connectivity index (χ4n) is 4.09. The van der Waals surface area contributed by atoms with Crippen molar-refractivity contribution in [1.82, 2.24) is 5.32 Å². The van der Waals surface area contributed by atoms with Gasteiger partial charge < -0.3 is 19.5 Å². The molecule has 3 unspecified atom stereocenters. The van der Waals surface area contributed by atoms with E-state index in [1.54, 1.807) is 0 Å². The normalized spacial score (nSPS) is 26.2. The Hall–Kier alpha value is -2.27. The molecule has 3 aliphatic rings. The molecule has 0 radical (unpaired) electrons. The van der Waals surface area contributed by atoms with E-state index in [-0.39, 0.29) is 12.1 Å². The van der Waals surface area contributed by atoms with Crippen LogP contribution in [0.2, 0.25) is 0 Å². The molecule has 0 amide bonds. The lowest BCUT2D eigenvalue weighted by Crippen LogP contribution is -2.38. The lowest BCUT2D eigenvalue weighted by molar-refractivity contribution is 0.0623. The smallest absolute Gasteiger partial charge is 0.245 e. The van der Waals surface area contributed by atoms with Gasteiger partial charge in [0.15, 0.2) is 11.5 Å². The second-order valence-corrected chi connectivity index (χ2v) is 6.97. The van der Waals surface area contributed by atoms with Crippen LogP contribution >= 0.6 is 0 Å². The molecule has 0 spiro atoms. The van der Waals surface area contributed by atoms with Crippen LogP contribution in [-0.2, 0) is 6.42 Å². The summed E-state index contributed by atoms with van der Waals surface area (Å²) in [6.45, 7) is 2.46. The standard InChI is InChI=1S/C20H20FNO3/c21-15-4-1-12(2-5-15)16-7-8-22-10-14(16)11-23-17-6-3-13-9-18-24-19(13)20(17)25-18/h1-6,14,16,18,22H,7-11H2. The van der Waals surface area contributed by atoms with Crippen molar-refractivity contribution in [2.75, 3.05) is 19.7 Å². The van der Waals surface area contributed by atoms with E-state index in [1.165, 1.54) is 23.3 Å². The molecular formula is C20H20FNO3. The van der Waals surface area contributed by atoms with E-state index < -0.39 is 0 Å². The van der Waals surface area contributed by atoms with Crippen molar-refractivity contribution in [1.29, 1.82) is 0 Å². The Kier molecular flexibility index (Phi) is 3.55. The lowest BCUT2D eigenvalue weighted by atomic mass is 9.81. The minimum atomic E-state index is -0.192. The van der Waals surface area contributed by atoms with Gasteiger partial charge in [-0.15, -0.1) is 0 Å². The summed E-state index contributed by atoms with van der Waals surface area (Å²) in [5.74, 6) is 2.85. The van der Waals surface area contributed by atoms with Gasteiger partial charge in [-0.2, -0.15) is 0 Å². The molecular weight excluding hydrogens is 321 g/mol. The van der Waals surface area contributed by atoms with Gasteiger partial charge in [-0.1, -0.05) is 18.2 Å². The number of benzene rings is 2. The lowest BCUT2D eigenvalue weighted by Gasteiger charge is -2.32. The molecule has 3 heterocycles. The molecule has 4 nitrogen and oxygen atoms in total. The number of fused-ring (bicyclic) bond motifs is 1. The Balaban J connectivity index is 1.33. The Labute approximate surface area is 145 Å². The number of halogens is 1. The van der Waals surface area contributed by atoms with Gasteiger partial charge >= 0.3 is 0 Å². The van der Waals surface area contributed by atoms with E-state index in [9.17, 15) is 4.39 Å². The first-order valence-corrected chi connectivity index (χ1v) is 8.86. The molecule has 2 aromatic rings. The molecule has 130 valence electrons. The third-order valence-electron chi connectivity index (χ3n) is 5.40. The van der Waals surface area contributed by atoms with Crippen LogP contribution in [0, 0.1) is 11.7 Å². The van der Waals surface area contributed by atoms with Crippen LogP contribution in [0.1, 0.15) is 23.5 Å². The first-order valence-electron chi connectivity index (χ1n) is 8.86. The first kappa shape index (κ1) is 15.0. The van der Waals surface area contributed by atoms with Crippen LogP contribution in [0.25, 0.3) is 0 Å². The molecule has 3 aliphatic heterocycles. The molecule has 1 saturated heterocycles. The number of nitrogens with one attached hydrogen (secondary N) is 1. The SMILES string of the molecule is Fc1ccc(C2CCNCC2COc2ccc3c4c2OC(C3)O4)cc1. The highest BCUT2D eigenvalue weighted by Crippen LogP contribution is 2.50. The van der Waals surface area contributed by atoms with Gasteiger partial charge in [-0.3, -0.25) is 0 Å². The van der Waals surface area contributed by atoms with Crippen LogP contribution in [-0.4, -0.2) is 26.0 Å². The van der Waals surface area contributed by atoms with Crippen molar-refractivity contribution in [2.45, 2.75) is 25.0 Å². The van der Waals surface area contributed by atoms with Crippen molar-refractivity contribution in [3.63, 3.8) is 0 Å². The molecule has 2 bridgehead atoms. The zero-order valence-corrected chi connectivity index (χ0v) is 13.8. The summed E-state index contributed by atoms with van der Waals surface area (Å²) in [6, 6.07) is 10.9. The van der Waals surface area contributed by atoms with E-state index in [0.29, 0.717) is 18.4 Å². The number of rotatable bonds is 4. The number of hydrogen-bond acceptors (Lipinski definition) is 4. The molecule has 3 atom stereocenters. The monoisotopic (exact) mass is 341 g/mol. The zero-order chi connectivity index (χ0) is 16.8. The van der Waals surface area contributed by atoms with E-state index >= 15 is 0 Å². The first-order chi connectivity index (χ1) is 12.3. The molecule has 0 aliphatic carbocycles. The highest BCUT2D eigenvalue weighted by atomic mass is 19.1. The van der Waals surface area contributed by atoms with Gasteiger partial charge in [-0.05, 0) is 42.6 Å². The maximum absolute atomic E-state index is 13.2. The summed E-state index contributed by atoms with van der Waals surface area (Å²) in [5.41, 5.74) is 2.37. The average molecular weight is 341 g/mol. The fraction of sp³-hybridized carbons (Fsp3) is 0.400. The van der Waals surface area contributed by atoms with E-state index in [1.807, 2.05) is 18.2 Å². The second-order valence-electron chi connectivity index (χ2n) is 6.97. The topological polar surface area (TPSA) is 39.7 Å². The quantitative estimate of drug-likeness (QED) is 0.927. The molecule has 0 aromatic heterocycles. The average Bonchev–Trinajstić information content (AvgIpc) is 3.24. The highest BCUT2D eigenvalue weighted by molar-refractivity contribution is 5.60. The van der Waals surface area contributed by atoms with E-state index in [2.05, 4.69) is 11.4 Å². The van der Waals surface area contributed by atoms with Gasteiger partial charge in [0, 0.05) is 18.0 Å². The molecule has 1 N–H and O–H groups in total. The van der Waals surface area contributed by atoms with Gasteiger partial charge in [-0.25, -0.2) is 4.39 Å². The molecule has 5 heteroatoms. The zero-order valence-electron chi connectivity index (χ0n) is 13.8. The Morgan fingerprint density at radius 2 is 1.92 bits per heavy atom. The summed E-state index contributed by atoms with van der Waals surface area (Å²) in [7, 11) is 0. The van der Waals surface area contributed by atoms with Gasteiger partial charge in [0.2, 0.25) is 12.0 Å². The maximum atomic E-state index is 13.2. The third-order valence-corrected chi connectivity index (χ3v) is 5.40. The van der Waals surface area contributed by atoms with Crippen molar-refractivity contribution >= 4 is 0 Å². The largest absolute Gasteiger partial charge is 0.489 e. The molecule has 1 fully saturated rings. The summed E-state index contributed by atoms with van der Waals surface area (Å²) in [6.07, 6.45) is 1.67. The minimum Gasteiger partial charge on any atom is -0.489 e. The van der Waals surface area contributed by atoms with Crippen LogP contribution in [0.5, 0.6) is 17.2 Å². The Morgan fingerprint density at radius 3 is 2.76 bits per heavy atom. The fourth-order valence-corrected chi connectivity index (χ4v) is 4.09. The summed E-state index contributed by atoms with van der Waals surface area (Å²) < 4.78 is 30.8. The summed E-state index contributed by atoms with van der Waals surface area (Å²) in [5, 5.41) is 3.44. The molecule has 0 saturated carbocycles. The van der Waals surface area contributed by atoms with Gasteiger partial charge in [0.25, 0.3) is 0 Å². The predicted octanol–water partition coefficient (Wildman–Crippen LogP) is 3.25. The van der Waals surface area contributed by atoms with E-state index in [0.717, 1.165) is 43.2 Å². The molecule has 2 aromatic carbocycles. The van der Waals surface area contributed by atoms with Crippen LogP contribution < -0.4 is 19.5 Å². The van der Waals surface area contributed by atoms with Gasteiger partial charge in [0.1, 0.15) is 5.82 Å². The van der Waals surface area contributed by atoms with E-state index in [4.69, 9.17) is 14.2 Å². The van der Waals surface area contributed by atoms with Crippen LogP contribution in [0.3, 0.4) is 0 Å². The molecule has 25 heavy (non-hydrogen) atoms. The van der Waals surface area contributed by atoms with Crippen molar-refractivity contribution in [3.05, 3.63) is 53.3 Å². The number of ether oxygens (including phenoxy) is 3. The van der Waals surface area contributed by atoms with Crippen molar-refractivity contribution in [2.24, 2.45) is 5.92 Å². The highest BCUT2D eigenvalue weighted by Gasteiger charge is 2.38. The minimum absolute atomic E-state index is 0.174. The van der Waals surface area contributed by atoms with Crippen molar-refractivity contribution < 1.29 is 18.6 Å². The predicted molar refractivity (Wildman–Crippen MR) is 90.8 cm³/mol. The number of hydrogen-bond donors (Lipinski definition) is 1. The second kappa shape index (κ2) is 5.92. The van der Waals surface area contributed by atoms with Crippen LogP contribution in [0.15, 0.2) is 36.4 Å². The van der Waals surface area contributed by atoms with Crippen LogP contribution in [0.4, 0.5) is 4.39 Å². The van der Waals surface area contributed by atoms with Crippen molar-refractivity contribution in [3.8, 4) is 17.2 Å². The Morgan fingerprint density at radius 1 is 1.08 bits per heavy atom.